The van der Waals surface area contributed by atoms with E-state index < -0.39 is 0 Å². The molecular formula is C23H20NO4+. The summed E-state index contributed by atoms with van der Waals surface area (Å²) in [4.78, 5) is 0. The minimum absolute atomic E-state index is 0.129. The maximum absolute atomic E-state index is 10.6. The van der Waals surface area contributed by atoms with Crippen LogP contribution in [0.25, 0.3) is 16.5 Å². The van der Waals surface area contributed by atoms with E-state index in [1.165, 1.54) is 0 Å². The van der Waals surface area contributed by atoms with Crippen LogP contribution in [0.3, 0.4) is 0 Å². The Hall–Kier alpha value is -3.47. The van der Waals surface area contributed by atoms with E-state index in [0.717, 1.165) is 42.4 Å². The Morgan fingerprint density at radius 3 is 2.43 bits per heavy atom. The highest BCUT2D eigenvalue weighted by atomic mass is 16.5. The molecule has 5 nitrogen and oxygen atoms in total. The lowest BCUT2D eigenvalue weighted by molar-refractivity contribution is -0.505. The van der Waals surface area contributed by atoms with E-state index >= 15 is 0 Å². The van der Waals surface area contributed by atoms with Crippen LogP contribution in [0.15, 0.2) is 77.5 Å². The van der Waals surface area contributed by atoms with Gasteiger partial charge in [-0.25, -0.2) is 4.58 Å². The highest BCUT2D eigenvalue weighted by Gasteiger charge is 2.30. The Balaban J connectivity index is 1.65. The number of nitrogens with zero attached hydrogens (tertiary/aromatic N) is 1. The van der Waals surface area contributed by atoms with Crippen LogP contribution in [-0.4, -0.2) is 38.7 Å². The van der Waals surface area contributed by atoms with Crippen LogP contribution in [0.5, 0.6) is 5.75 Å². The molecule has 1 aliphatic carbocycles. The van der Waals surface area contributed by atoms with Crippen molar-refractivity contribution in [2.75, 3.05) is 13.1 Å². The number of aliphatic hydroxyl groups excluding tert-OH is 3. The van der Waals surface area contributed by atoms with Crippen molar-refractivity contribution in [2.45, 2.75) is 12.8 Å². The summed E-state index contributed by atoms with van der Waals surface area (Å²) in [7, 11) is 0. The Bertz CT molecular complexity index is 1160. The summed E-state index contributed by atoms with van der Waals surface area (Å²) in [6.45, 7) is 1.84. The summed E-state index contributed by atoms with van der Waals surface area (Å²) in [6, 6.07) is 11.3. The van der Waals surface area contributed by atoms with E-state index in [0.29, 0.717) is 16.9 Å². The first-order valence-electron chi connectivity index (χ1n) is 9.41. The first-order valence-corrected chi connectivity index (χ1v) is 9.41. The fraction of sp³-hybridized carbons (Fsp3) is 0.174. The molecule has 0 spiro atoms. The average molecular weight is 374 g/mol. The largest absolute Gasteiger partial charge is 0.504 e. The zero-order valence-corrected chi connectivity index (χ0v) is 15.2. The van der Waals surface area contributed by atoms with Crippen molar-refractivity contribution in [2.24, 2.45) is 0 Å². The molecule has 5 rings (SSSR count). The van der Waals surface area contributed by atoms with Gasteiger partial charge in [0, 0.05) is 29.9 Å². The number of allylic oxidation sites excluding steroid dienone is 4. The van der Waals surface area contributed by atoms with E-state index in [1.807, 2.05) is 36.4 Å². The average Bonchev–Trinajstić information content (AvgIpc) is 3.24. The molecule has 1 saturated heterocycles. The highest BCUT2D eigenvalue weighted by Crippen LogP contribution is 2.41. The minimum Gasteiger partial charge on any atom is -0.504 e. The van der Waals surface area contributed by atoms with Gasteiger partial charge in [-0.3, -0.25) is 0 Å². The van der Waals surface area contributed by atoms with Gasteiger partial charge in [0.1, 0.15) is 18.8 Å². The van der Waals surface area contributed by atoms with E-state index in [-0.39, 0.29) is 23.0 Å². The third-order valence-corrected chi connectivity index (χ3v) is 5.46. The van der Waals surface area contributed by atoms with E-state index in [1.54, 1.807) is 18.2 Å². The molecule has 2 aromatic carbocycles. The second kappa shape index (κ2) is 6.30. The minimum atomic E-state index is -0.337. The van der Waals surface area contributed by atoms with Gasteiger partial charge in [0.05, 0.1) is 5.56 Å². The quantitative estimate of drug-likeness (QED) is 0.593. The van der Waals surface area contributed by atoms with Gasteiger partial charge < -0.3 is 20.1 Å². The van der Waals surface area contributed by atoms with Gasteiger partial charge in [0.25, 0.3) is 0 Å². The van der Waals surface area contributed by atoms with Crippen LogP contribution in [0.4, 0.5) is 0 Å². The molecular weight excluding hydrogens is 354 g/mol. The summed E-state index contributed by atoms with van der Waals surface area (Å²) >= 11 is 0. The van der Waals surface area contributed by atoms with Crippen LogP contribution in [0.1, 0.15) is 18.4 Å². The molecule has 0 unspecified atom stereocenters. The molecule has 28 heavy (non-hydrogen) atoms. The van der Waals surface area contributed by atoms with E-state index in [2.05, 4.69) is 4.58 Å². The third kappa shape index (κ3) is 2.51. The van der Waals surface area contributed by atoms with Crippen molar-refractivity contribution in [1.82, 2.24) is 0 Å². The second-order valence-corrected chi connectivity index (χ2v) is 7.19. The smallest absolute Gasteiger partial charge is 0.242 e. The zero-order chi connectivity index (χ0) is 19.3. The predicted molar refractivity (Wildman–Crippen MR) is 108 cm³/mol. The van der Waals surface area contributed by atoms with Gasteiger partial charge in [-0.15, -0.1) is 0 Å². The van der Waals surface area contributed by atoms with Crippen LogP contribution in [-0.2, 0) is 0 Å². The second-order valence-electron chi connectivity index (χ2n) is 7.19. The van der Waals surface area contributed by atoms with E-state index in [4.69, 9.17) is 4.74 Å². The van der Waals surface area contributed by atoms with Crippen molar-refractivity contribution in [3.05, 3.63) is 83.0 Å². The molecule has 5 heteroatoms. The first-order chi connectivity index (χ1) is 13.6. The molecule has 2 aliphatic heterocycles. The molecule has 0 radical (unpaired) electrons. The topological polar surface area (TPSA) is 72.9 Å². The number of benzene rings is 2. The standard InChI is InChI=1S/C23H19NO4/c25-19-13-15(8-10-18(19)24-11-3-4-12-24)22-21(27)20(26)17-9-7-14-5-1-2-6-16(14)23(17)28-22/h1-2,5-10,13,25,27H,3-4,11-12H2/p+1. The number of rotatable bonds is 0. The number of fused-ring (bicyclic) bond motifs is 3. The monoisotopic (exact) mass is 374 g/mol. The fourth-order valence-electron chi connectivity index (χ4n) is 4.01. The highest BCUT2D eigenvalue weighted by molar-refractivity contribution is 6.05. The van der Waals surface area contributed by atoms with Gasteiger partial charge in [0.2, 0.25) is 11.5 Å². The molecule has 3 N–H and O–H groups in total. The van der Waals surface area contributed by atoms with Gasteiger partial charge >= 0.3 is 0 Å². The van der Waals surface area contributed by atoms with Crippen molar-refractivity contribution in [3.63, 3.8) is 0 Å². The van der Waals surface area contributed by atoms with Crippen LogP contribution < -0.4 is 4.74 Å². The molecule has 0 saturated carbocycles. The number of hydrogen-bond acceptors (Lipinski definition) is 4. The van der Waals surface area contributed by atoms with Crippen LogP contribution in [0, 0.1) is 0 Å². The maximum Gasteiger partial charge on any atom is 0.242 e. The number of ether oxygens (including phenoxy) is 1. The Kier molecular flexibility index (Phi) is 3.76. The molecule has 1 fully saturated rings. The van der Waals surface area contributed by atoms with Gasteiger partial charge in [-0.05, 0) is 23.6 Å². The number of aliphatic hydroxyl groups is 3. The van der Waals surface area contributed by atoms with Crippen LogP contribution in [0.2, 0.25) is 0 Å². The maximum atomic E-state index is 10.6. The van der Waals surface area contributed by atoms with Gasteiger partial charge in [-0.2, -0.15) is 0 Å². The van der Waals surface area contributed by atoms with Gasteiger partial charge in [-0.1, -0.05) is 30.3 Å². The molecule has 2 heterocycles. The lowest BCUT2D eigenvalue weighted by atomic mass is 9.98. The Labute approximate surface area is 162 Å². The van der Waals surface area contributed by atoms with Crippen molar-refractivity contribution in [3.8, 4) is 5.75 Å². The fourth-order valence-corrected chi connectivity index (χ4v) is 4.01. The van der Waals surface area contributed by atoms with Crippen LogP contribution >= 0.6 is 0 Å². The normalized spacial score (nSPS) is 21.8. The molecule has 0 amide bonds. The zero-order valence-electron chi connectivity index (χ0n) is 15.2. The molecule has 0 bridgehead atoms. The first kappa shape index (κ1) is 16.7. The lowest BCUT2D eigenvalue weighted by Crippen LogP contribution is -2.21. The SMILES string of the molecule is OC1=C/C(=C2\Oc3c(ccc4ccccc34)C(O)=C2O)C=CC1=[N+]1CCCC1. The number of hydrogen-bond donors (Lipinski definition) is 3. The third-order valence-electron chi connectivity index (χ3n) is 5.46. The van der Waals surface area contributed by atoms with Gasteiger partial charge in [0.15, 0.2) is 17.3 Å². The Morgan fingerprint density at radius 1 is 0.857 bits per heavy atom. The summed E-state index contributed by atoms with van der Waals surface area (Å²) in [6.07, 6.45) is 7.42. The summed E-state index contributed by atoms with van der Waals surface area (Å²) in [5.74, 6) is 0.184. The summed E-state index contributed by atoms with van der Waals surface area (Å²) in [5.41, 5.74) is 1.72. The molecule has 3 aliphatic rings. The van der Waals surface area contributed by atoms with Crippen molar-refractivity contribution >= 4 is 22.2 Å². The molecule has 140 valence electrons. The Morgan fingerprint density at radius 2 is 1.64 bits per heavy atom. The predicted octanol–water partition coefficient (Wildman–Crippen LogP) is 4.53. The van der Waals surface area contributed by atoms with Crippen molar-refractivity contribution < 1.29 is 24.6 Å². The molecule has 0 aromatic heterocycles. The molecule has 2 aromatic rings. The lowest BCUT2D eigenvalue weighted by Gasteiger charge is -2.23. The van der Waals surface area contributed by atoms with Crippen molar-refractivity contribution in [1.29, 1.82) is 0 Å². The molecule has 0 atom stereocenters. The van der Waals surface area contributed by atoms with E-state index in [9.17, 15) is 15.3 Å². The summed E-state index contributed by atoms with van der Waals surface area (Å²) < 4.78 is 8.20. The summed E-state index contributed by atoms with van der Waals surface area (Å²) in [5, 5.41) is 33.5.